The lowest BCUT2D eigenvalue weighted by Gasteiger charge is -2.18. The van der Waals surface area contributed by atoms with Gasteiger partial charge in [-0.1, -0.05) is 28.1 Å². The summed E-state index contributed by atoms with van der Waals surface area (Å²) in [7, 11) is 1.95. The van der Waals surface area contributed by atoms with E-state index in [0.29, 0.717) is 11.5 Å². The van der Waals surface area contributed by atoms with Crippen molar-refractivity contribution in [3.8, 4) is 6.07 Å². The number of aryl methyl sites for hydroxylation is 1. The fraction of sp³-hybridized carbons (Fsp3) is 0.214. The summed E-state index contributed by atoms with van der Waals surface area (Å²) in [4.78, 5) is 10.4. The molecule has 1 aromatic carbocycles. The number of hydrogen-bond donors (Lipinski definition) is 0. The lowest BCUT2D eigenvalue weighted by Crippen LogP contribution is -2.18. The fourth-order valence-corrected chi connectivity index (χ4v) is 2.01. The normalized spacial score (nSPS) is 10.0. The maximum Gasteiger partial charge on any atom is 0.146 e. The highest BCUT2D eigenvalue weighted by molar-refractivity contribution is 9.10. The quantitative estimate of drug-likeness (QED) is 0.873. The highest BCUT2D eigenvalue weighted by Gasteiger charge is 2.07. The Morgan fingerprint density at radius 1 is 1.26 bits per heavy atom. The molecular weight excluding hydrogens is 304 g/mol. The van der Waals surface area contributed by atoms with Crippen molar-refractivity contribution in [1.29, 1.82) is 5.26 Å². The van der Waals surface area contributed by atoms with Gasteiger partial charge in [-0.05, 0) is 24.6 Å². The van der Waals surface area contributed by atoms with Gasteiger partial charge in [-0.3, -0.25) is 0 Å². The Hall–Kier alpha value is -1.93. The molecule has 0 unspecified atom stereocenters. The number of nitrogens with zero attached hydrogens (tertiary/aromatic N) is 4. The van der Waals surface area contributed by atoms with E-state index in [1.54, 1.807) is 13.0 Å². The van der Waals surface area contributed by atoms with Crippen LogP contribution in [0.3, 0.4) is 0 Å². The standard InChI is InChI=1S/C14H13BrN4/c1-10-17-13(8-16)7-14(18-10)19(2)9-11-3-5-12(15)6-4-11/h3-7H,9H2,1-2H3. The zero-order valence-corrected chi connectivity index (χ0v) is 12.3. The molecule has 0 spiro atoms. The summed E-state index contributed by atoms with van der Waals surface area (Å²) < 4.78 is 1.06. The van der Waals surface area contributed by atoms with Crippen LogP contribution in [0.2, 0.25) is 0 Å². The van der Waals surface area contributed by atoms with E-state index in [9.17, 15) is 0 Å². The number of benzene rings is 1. The molecule has 19 heavy (non-hydrogen) atoms. The summed E-state index contributed by atoms with van der Waals surface area (Å²) in [5.41, 5.74) is 1.57. The molecule has 0 aliphatic carbocycles. The second-order valence-electron chi connectivity index (χ2n) is 4.25. The molecule has 96 valence electrons. The molecule has 0 amide bonds. The molecule has 0 aliphatic rings. The van der Waals surface area contributed by atoms with E-state index in [4.69, 9.17) is 5.26 Å². The van der Waals surface area contributed by atoms with Gasteiger partial charge in [0.05, 0.1) is 0 Å². The first-order chi connectivity index (χ1) is 9.08. The molecule has 0 radical (unpaired) electrons. The van der Waals surface area contributed by atoms with Crippen LogP contribution in [0.5, 0.6) is 0 Å². The minimum Gasteiger partial charge on any atom is -0.355 e. The number of nitriles is 1. The van der Waals surface area contributed by atoms with E-state index in [2.05, 4.69) is 44.1 Å². The zero-order chi connectivity index (χ0) is 13.8. The molecular formula is C14H13BrN4. The lowest BCUT2D eigenvalue weighted by atomic mass is 10.2. The second kappa shape index (κ2) is 5.81. The SMILES string of the molecule is Cc1nc(C#N)cc(N(C)Cc2ccc(Br)cc2)n1. The maximum atomic E-state index is 8.92. The summed E-state index contributed by atoms with van der Waals surface area (Å²) in [6.45, 7) is 2.52. The topological polar surface area (TPSA) is 52.8 Å². The molecule has 2 rings (SSSR count). The molecule has 0 fully saturated rings. The fourth-order valence-electron chi connectivity index (χ4n) is 1.75. The smallest absolute Gasteiger partial charge is 0.146 e. The van der Waals surface area contributed by atoms with Crippen LogP contribution in [-0.2, 0) is 6.54 Å². The van der Waals surface area contributed by atoms with Gasteiger partial charge in [0.15, 0.2) is 0 Å². The first-order valence-corrected chi connectivity index (χ1v) is 6.59. The first kappa shape index (κ1) is 13.5. The van der Waals surface area contributed by atoms with E-state index >= 15 is 0 Å². The third kappa shape index (κ3) is 3.52. The predicted octanol–water partition coefficient (Wildman–Crippen LogP) is 3.06. The third-order valence-corrected chi connectivity index (χ3v) is 3.19. The van der Waals surface area contributed by atoms with Crippen LogP contribution in [0.1, 0.15) is 17.1 Å². The minimum atomic E-state index is 0.394. The zero-order valence-electron chi connectivity index (χ0n) is 10.8. The van der Waals surface area contributed by atoms with Crippen molar-refractivity contribution in [2.24, 2.45) is 0 Å². The Balaban J connectivity index is 2.20. The van der Waals surface area contributed by atoms with Crippen molar-refractivity contribution in [2.75, 3.05) is 11.9 Å². The van der Waals surface area contributed by atoms with Crippen molar-refractivity contribution in [1.82, 2.24) is 9.97 Å². The summed E-state index contributed by atoms with van der Waals surface area (Å²) in [6.07, 6.45) is 0. The van der Waals surface area contributed by atoms with Crippen LogP contribution in [-0.4, -0.2) is 17.0 Å². The third-order valence-electron chi connectivity index (χ3n) is 2.66. The van der Waals surface area contributed by atoms with Crippen molar-refractivity contribution in [3.63, 3.8) is 0 Å². The van der Waals surface area contributed by atoms with Crippen LogP contribution >= 0.6 is 15.9 Å². The van der Waals surface area contributed by atoms with E-state index in [1.165, 1.54) is 5.56 Å². The lowest BCUT2D eigenvalue weighted by molar-refractivity contribution is 0.876. The minimum absolute atomic E-state index is 0.394. The second-order valence-corrected chi connectivity index (χ2v) is 5.17. The molecule has 0 aliphatic heterocycles. The molecule has 0 atom stereocenters. The van der Waals surface area contributed by atoms with Crippen LogP contribution in [0.15, 0.2) is 34.8 Å². The molecule has 1 heterocycles. The van der Waals surface area contributed by atoms with E-state index in [-0.39, 0.29) is 0 Å². The number of halogens is 1. The summed E-state index contributed by atoms with van der Waals surface area (Å²) in [5.74, 6) is 1.36. The number of anilines is 1. The Labute approximate surface area is 120 Å². The van der Waals surface area contributed by atoms with Crippen molar-refractivity contribution >= 4 is 21.7 Å². The summed E-state index contributed by atoms with van der Waals surface area (Å²) in [6, 6.07) is 11.9. The highest BCUT2D eigenvalue weighted by atomic mass is 79.9. The number of rotatable bonds is 3. The van der Waals surface area contributed by atoms with Crippen molar-refractivity contribution < 1.29 is 0 Å². The molecule has 0 saturated carbocycles. The van der Waals surface area contributed by atoms with E-state index < -0.39 is 0 Å². The average molecular weight is 317 g/mol. The van der Waals surface area contributed by atoms with E-state index in [1.807, 2.05) is 24.1 Å². The Bertz CT molecular complexity index is 616. The van der Waals surface area contributed by atoms with Gasteiger partial charge in [0.1, 0.15) is 23.4 Å². The van der Waals surface area contributed by atoms with Gasteiger partial charge in [-0.25, -0.2) is 9.97 Å². The Morgan fingerprint density at radius 3 is 2.58 bits per heavy atom. The molecule has 0 N–H and O–H groups in total. The van der Waals surface area contributed by atoms with Gasteiger partial charge in [0, 0.05) is 24.1 Å². The summed E-state index contributed by atoms with van der Waals surface area (Å²) in [5, 5.41) is 8.92. The molecule has 5 heteroatoms. The van der Waals surface area contributed by atoms with Crippen LogP contribution in [0.4, 0.5) is 5.82 Å². The molecule has 0 saturated heterocycles. The van der Waals surface area contributed by atoms with Crippen molar-refractivity contribution in [3.05, 3.63) is 51.9 Å². The number of hydrogen-bond acceptors (Lipinski definition) is 4. The van der Waals surface area contributed by atoms with Crippen LogP contribution in [0, 0.1) is 18.3 Å². The van der Waals surface area contributed by atoms with Gasteiger partial charge in [-0.15, -0.1) is 0 Å². The van der Waals surface area contributed by atoms with E-state index in [0.717, 1.165) is 16.8 Å². The van der Waals surface area contributed by atoms with Gasteiger partial charge in [-0.2, -0.15) is 5.26 Å². The monoisotopic (exact) mass is 316 g/mol. The summed E-state index contributed by atoms with van der Waals surface area (Å²) >= 11 is 3.41. The van der Waals surface area contributed by atoms with Gasteiger partial charge >= 0.3 is 0 Å². The molecule has 2 aromatic rings. The first-order valence-electron chi connectivity index (χ1n) is 5.80. The van der Waals surface area contributed by atoms with Gasteiger partial charge < -0.3 is 4.90 Å². The highest BCUT2D eigenvalue weighted by Crippen LogP contribution is 2.16. The van der Waals surface area contributed by atoms with Gasteiger partial charge in [0.2, 0.25) is 0 Å². The largest absolute Gasteiger partial charge is 0.355 e. The Kier molecular flexibility index (Phi) is 4.13. The Morgan fingerprint density at radius 2 is 1.95 bits per heavy atom. The van der Waals surface area contributed by atoms with Crippen LogP contribution in [0.25, 0.3) is 0 Å². The van der Waals surface area contributed by atoms with Crippen LogP contribution < -0.4 is 4.90 Å². The molecule has 0 bridgehead atoms. The number of aromatic nitrogens is 2. The average Bonchev–Trinajstić information content (AvgIpc) is 2.40. The van der Waals surface area contributed by atoms with Crippen molar-refractivity contribution in [2.45, 2.75) is 13.5 Å². The van der Waals surface area contributed by atoms with Gasteiger partial charge in [0.25, 0.3) is 0 Å². The molecule has 1 aromatic heterocycles. The maximum absolute atomic E-state index is 8.92. The predicted molar refractivity (Wildman–Crippen MR) is 77.7 cm³/mol. The molecule has 4 nitrogen and oxygen atoms in total.